The van der Waals surface area contributed by atoms with Gasteiger partial charge in [-0.1, -0.05) is 0 Å². The number of benzene rings is 2. The lowest BCUT2D eigenvalue weighted by Gasteiger charge is -2.29. The number of nitrogens with zero attached hydrogens (tertiary/aromatic N) is 4. The van der Waals surface area contributed by atoms with Gasteiger partial charge in [-0.05, 0) is 49.2 Å². The van der Waals surface area contributed by atoms with E-state index < -0.39 is 77.5 Å². The monoisotopic (exact) mass is 756 g/mol. The predicted octanol–water partition coefficient (Wildman–Crippen LogP) is 6.45. The summed E-state index contributed by atoms with van der Waals surface area (Å²) in [7, 11) is 0. The molecule has 0 bridgehead atoms. The van der Waals surface area contributed by atoms with Gasteiger partial charge in [0.25, 0.3) is 5.91 Å². The summed E-state index contributed by atoms with van der Waals surface area (Å²) in [5.41, 5.74) is -0.198. The minimum Gasteiger partial charge on any atom is -0.378 e. The number of carbonyl (C=O) groups excluding carboxylic acids is 5. The lowest BCUT2D eigenvalue weighted by molar-refractivity contribution is -0.121. The minimum atomic E-state index is -4.44. The van der Waals surface area contributed by atoms with Crippen molar-refractivity contribution in [3.63, 3.8) is 0 Å². The Hall–Kier alpha value is -3.91. The van der Waals surface area contributed by atoms with Crippen molar-refractivity contribution in [2.24, 2.45) is 0 Å². The summed E-state index contributed by atoms with van der Waals surface area (Å²) in [4.78, 5) is 64.3. The average molecular weight is 757 g/mol. The lowest BCUT2D eigenvalue weighted by atomic mass is 10.2. The van der Waals surface area contributed by atoms with Crippen molar-refractivity contribution >= 4 is 64.7 Å². The zero-order valence-corrected chi connectivity index (χ0v) is 27.9. The molecule has 50 heavy (non-hydrogen) atoms. The first-order valence-electron chi connectivity index (χ1n) is 14.6. The number of carbonyl (C=O) groups is 5. The third-order valence-corrected chi connectivity index (χ3v) is 9.73. The topological polar surface area (TPSA) is 108 Å². The summed E-state index contributed by atoms with van der Waals surface area (Å²) in [6.07, 6.45) is -8.83. The number of amides is 7. The van der Waals surface area contributed by atoms with Crippen LogP contribution in [0.25, 0.3) is 0 Å². The molecule has 0 saturated carbocycles. The number of urea groups is 2. The second kappa shape index (κ2) is 15.5. The lowest BCUT2D eigenvalue weighted by Crippen LogP contribution is -2.49. The zero-order chi connectivity index (χ0) is 37.1. The maximum Gasteiger partial charge on any atom is 0.398 e. The standard InChI is InChI=1S/C17H17F4N3O4S.C13H11F4NO2S/c1-10-6-11(18)12(7-13(10)29-9-17(19,20)21)24-14(25)8-23(16(24)27)15(26)22-2-4-28-5-3-22;1-7-4-8(14)9(18-11(19)2-3-12(18)20)5-10(7)21-6-13(15,16)17/h6-7H,2-5,8-9H2,1H3;4-5H,2-3,6H2,1H3. The number of aryl methyl sites for hydroxylation is 2. The van der Waals surface area contributed by atoms with E-state index in [1.807, 2.05) is 0 Å². The van der Waals surface area contributed by atoms with E-state index in [1.165, 1.54) is 18.7 Å². The molecule has 2 aromatic carbocycles. The summed E-state index contributed by atoms with van der Waals surface area (Å²) >= 11 is 0.921. The molecule has 7 amide bonds. The molecule has 0 atom stereocenters. The molecular formula is C30H28F8N4O6S2. The van der Waals surface area contributed by atoms with Crippen LogP contribution >= 0.6 is 23.5 Å². The Labute approximate surface area is 288 Å². The fourth-order valence-corrected chi connectivity index (χ4v) is 6.52. The van der Waals surface area contributed by atoms with E-state index in [1.54, 1.807) is 0 Å². The first kappa shape index (κ1) is 38.9. The second-order valence-corrected chi connectivity index (χ2v) is 13.1. The molecule has 272 valence electrons. The SMILES string of the molecule is Cc1cc(F)c(N2C(=O)CCC2=O)cc1SCC(F)(F)F.Cc1cc(F)c(N2C(=O)CN(C(=O)N3CCOCC3)C2=O)cc1SCC(F)(F)F. The van der Waals surface area contributed by atoms with Crippen molar-refractivity contribution in [2.75, 3.05) is 54.2 Å². The second-order valence-electron chi connectivity index (χ2n) is 11.0. The van der Waals surface area contributed by atoms with Crippen LogP contribution in [-0.4, -0.2) is 96.3 Å². The van der Waals surface area contributed by atoms with E-state index in [9.17, 15) is 59.1 Å². The normalized spacial score (nSPS) is 17.2. The fraction of sp³-hybridized carbons (Fsp3) is 0.433. The number of imide groups is 3. The summed E-state index contributed by atoms with van der Waals surface area (Å²) in [5.74, 6) is -6.01. The Morgan fingerprint density at radius 1 is 0.720 bits per heavy atom. The average Bonchev–Trinajstić information content (AvgIpc) is 3.51. The predicted molar refractivity (Wildman–Crippen MR) is 165 cm³/mol. The zero-order valence-electron chi connectivity index (χ0n) is 26.3. The van der Waals surface area contributed by atoms with Gasteiger partial charge in [0.1, 0.15) is 18.2 Å². The van der Waals surface area contributed by atoms with Gasteiger partial charge in [-0.2, -0.15) is 26.3 Å². The van der Waals surface area contributed by atoms with Gasteiger partial charge >= 0.3 is 24.4 Å². The van der Waals surface area contributed by atoms with Crippen molar-refractivity contribution < 1.29 is 63.8 Å². The summed E-state index contributed by atoms with van der Waals surface area (Å²) in [6, 6.07) is 2.41. The van der Waals surface area contributed by atoms with Crippen LogP contribution in [0, 0.1) is 25.5 Å². The molecule has 0 aliphatic carbocycles. The molecule has 0 aromatic heterocycles. The van der Waals surface area contributed by atoms with E-state index in [0.717, 1.165) is 24.3 Å². The van der Waals surface area contributed by atoms with Gasteiger partial charge in [-0.25, -0.2) is 33.1 Å². The minimum absolute atomic E-state index is 0.0167. The molecule has 10 nitrogen and oxygen atoms in total. The van der Waals surface area contributed by atoms with Crippen LogP contribution < -0.4 is 9.80 Å². The van der Waals surface area contributed by atoms with E-state index in [4.69, 9.17) is 4.74 Å². The highest BCUT2D eigenvalue weighted by Gasteiger charge is 2.44. The van der Waals surface area contributed by atoms with Gasteiger partial charge in [-0.3, -0.25) is 14.4 Å². The Bertz CT molecular complexity index is 1670. The Morgan fingerprint density at radius 2 is 1.16 bits per heavy atom. The molecule has 2 aromatic rings. The molecule has 3 aliphatic rings. The Kier molecular flexibility index (Phi) is 12.1. The van der Waals surface area contributed by atoms with Crippen LogP contribution in [0.5, 0.6) is 0 Å². The van der Waals surface area contributed by atoms with Gasteiger partial charge in [0.2, 0.25) is 11.8 Å². The van der Waals surface area contributed by atoms with Gasteiger partial charge in [-0.15, -0.1) is 23.5 Å². The van der Waals surface area contributed by atoms with Crippen LogP contribution in [0.1, 0.15) is 24.0 Å². The molecule has 3 aliphatic heterocycles. The number of hydrogen-bond donors (Lipinski definition) is 0. The molecule has 0 N–H and O–H groups in total. The maximum absolute atomic E-state index is 14.5. The van der Waals surface area contributed by atoms with Crippen LogP contribution in [0.2, 0.25) is 0 Å². The first-order chi connectivity index (χ1) is 23.3. The number of rotatable bonds is 6. The van der Waals surface area contributed by atoms with Crippen molar-refractivity contribution in [1.82, 2.24) is 9.80 Å². The van der Waals surface area contributed by atoms with Crippen LogP contribution in [0.15, 0.2) is 34.1 Å². The van der Waals surface area contributed by atoms with Crippen molar-refractivity contribution in [3.8, 4) is 0 Å². The first-order valence-corrected chi connectivity index (χ1v) is 16.6. The summed E-state index contributed by atoms with van der Waals surface area (Å²) in [5, 5.41) is 0. The van der Waals surface area contributed by atoms with Gasteiger partial charge < -0.3 is 9.64 Å². The molecule has 5 rings (SSSR count). The highest BCUT2D eigenvalue weighted by Crippen LogP contribution is 2.37. The highest BCUT2D eigenvalue weighted by atomic mass is 32.2. The number of hydrogen-bond acceptors (Lipinski definition) is 8. The van der Waals surface area contributed by atoms with Crippen molar-refractivity contribution in [1.29, 1.82) is 0 Å². The molecular weight excluding hydrogens is 728 g/mol. The number of anilines is 2. The quantitative estimate of drug-likeness (QED) is 0.143. The van der Waals surface area contributed by atoms with E-state index in [2.05, 4.69) is 0 Å². The van der Waals surface area contributed by atoms with E-state index >= 15 is 0 Å². The number of morpholine rings is 1. The molecule has 0 radical (unpaired) electrons. The van der Waals surface area contributed by atoms with Crippen LogP contribution in [0.4, 0.5) is 56.1 Å². The van der Waals surface area contributed by atoms with Crippen molar-refractivity contribution in [3.05, 3.63) is 47.0 Å². The van der Waals surface area contributed by atoms with E-state index in [-0.39, 0.29) is 60.2 Å². The molecule has 0 unspecified atom stereocenters. The van der Waals surface area contributed by atoms with Gasteiger partial charge in [0.05, 0.1) is 36.1 Å². The number of halogens is 8. The largest absolute Gasteiger partial charge is 0.398 e. The molecule has 3 saturated heterocycles. The summed E-state index contributed by atoms with van der Waals surface area (Å²) < 4.78 is 108. The van der Waals surface area contributed by atoms with Gasteiger partial charge in [0, 0.05) is 35.7 Å². The molecule has 3 fully saturated rings. The third kappa shape index (κ3) is 9.45. The van der Waals surface area contributed by atoms with E-state index in [0.29, 0.717) is 43.8 Å². The number of thioether (sulfide) groups is 2. The maximum atomic E-state index is 14.5. The molecule has 3 heterocycles. The molecule has 20 heteroatoms. The third-order valence-electron chi connectivity index (χ3n) is 7.28. The van der Waals surface area contributed by atoms with Crippen LogP contribution in [-0.2, 0) is 19.1 Å². The summed E-state index contributed by atoms with van der Waals surface area (Å²) in [6.45, 7) is 3.39. The number of ether oxygens (including phenoxy) is 1. The van der Waals surface area contributed by atoms with Gasteiger partial charge in [0.15, 0.2) is 0 Å². The Balaban J connectivity index is 0.000000237. The van der Waals surface area contributed by atoms with Crippen LogP contribution in [0.3, 0.4) is 0 Å². The van der Waals surface area contributed by atoms with Crippen molar-refractivity contribution in [2.45, 2.75) is 48.8 Å². The fourth-order valence-electron chi connectivity index (χ4n) is 4.92. The smallest absolute Gasteiger partial charge is 0.378 e. The Morgan fingerprint density at radius 3 is 1.60 bits per heavy atom. The number of alkyl halides is 6. The highest BCUT2D eigenvalue weighted by molar-refractivity contribution is 7.99. The molecule has 0 spiro atoms.